The molecule has 1 aromatic rings. The molecule has 6 heteroatoms. The first-order valence-corrected chi connectivity index (χ1v) is 10.2. The summed E-state index contributed by atoms with van der Waals surface area (Å²) in [5, 5.41) is 0. The number of hydrogen-bond acceptors (Lipinski definition) is 4. The molecule has 4 rings (SSSR count). The lowest BCUT2D eigenvalue weighted by Crippen LogP contribution is -2.67. The number of fused-ring (bicyclic) bond motifs is 1. The number of anilines is 1. The lowest BCUT2D eigenvalue weighted by Gasteiger charge is -2.57. The monoisotopic (exact) mass is 421 g/mol. The summed E-state index contributed by atoms with van der Waals surface area (Å²) in [6.07, 6.45) is 3.78. The first-order valence-electron chi connectivity index (χ1n) is 9.42. The minimum absolute atomic E-state index is 0.0980. The van der Waals surface area contributed by atoms with Crippen molar-refractivity contribution >= 4 is 27.5 Å². The first kappa shape index (κ1) is 18.4. The molecule has 1 saturated carbocycles. The second-order valence-corrected chi connectivity index (χ2v) is 10.3. The third-order valence-electron chi connectivity index (χ3n) is 6.34. The molecule has 1 saturated heterocycles. The molecule has 142 valence electrons. The summed E-state index contributed by atoms with van der Waals surface area (Å²) < 4.78 is 6.79. The molecule has 26 heavy (non-hydrogen) atoms. The van der Waals surface area contributed by atoms with Crippen molar-refractivity contribution in [2.45, 2.75) is 70.1 Å². The standard InChI is InChI=1S/C20H28BrN3O2/c1-18(2)12-23(6-7-26-18)20(5)9-14(10-20)24-15-8-13(21)11-22-16(15)19(3,4)17(24)25/h8,11,14H,6-7,9-10,12H2,1-5H3. The highest BCUT2D eigenvalue weighted by atomic mass is 79.9. The summed E-state index contributed by atoms with van der Waals surface area (Å²) in [5.74, 6) is 0.174. The number of aromatic nitrogens is 1. The van der Waals surface area contributed by atoms with Gasteiger partial charge in [0.15, 0.2) is 0 Å². The zero-order valence-corrected chi connectivity index (χ0v) is 17.9. The average molecular weight is 422 g/mol. The highest BCUT2D eigenvalue weighted by molar-refractivity contribution is 9.10. The molecule has 0 radical (unpaired) electrons. The SMILES string of the molecule is CC1(C)CN(C2(C)CC(N3C(=O)C(C)(C)c4ncc(Br)cc43)C2)CCO1. The van der Waals surface area contributed by atoms with Gasteiger partial charge < -0.3 is 9.64 Å². The van der Waals surface area contributed by atoms with Gasteiger partial charge in [0, 0.05) is 35.3 Å². The molecule has 5 nitrogen and oxygen atoms in total. The van der Waals surface area contributed by atoms with Gasteiger partial charge in [-0.1, -0.05) is 0 Å². The number of amides is 1. The summed E-state index contributed by atoms with van der Waals surface area (Å²) in [6, 6.07) is 2.29. The van der Waals surface area contributed by atoms with Crippen molar-refractivity contribution in [1.29, 1.82) is 0 Å². The van der Waals surface area contributed by atoms with Crippen LogP contribution in [0.4, 0.5) is 5.69 Å². The van der Waals surface area contributed by atoms with Crippen LogP contribution in [0.3, 0.4) is 0 Å². The van der Waals surface area contributed by atoms with E-state index in [-0.39, 0.29) is 23.1 Å². The molecule has 0 spiro atoms. The van der Waals surface area contributed by atoms with Crippen LogP contribution in [0.15, 0.2) is 16.7 Å². The fourth-order valence-corrected chi connectivity index (χ4v) is 5.16. The van der Waals surface area contributed by atoms with Gasteiger partial charge in [-0.05, 0) is 69.5 Å². The number of nitrogens with zero attached hydrogens (tertiary/aromatic N) is 3. The molecule has 3 aliphatic rings. The number of pyridine rings is 1. The Morgan fingerprint density at radius 1 is 1.23 bits per heavy atom. The molecule has 0 atom stereocenters. The molecule has 0 bridgehead atoms. The van der Waals surface area contributed by atoms with Gasteiger partial charge in [-0.25, -0.2) is 0 Å². The van der Waals surface area contributed by atoms with E-state index >= 15 is 0 Å². The van der Waals surface area contributed by atoms with Crippen molar-refractivity contribution in [2.75, 3.05) is 24.6 Å². The van der Waals surface area contributed by atoms with Crippen molar-refractivity contribution in [3.05, 3.63) is 22.4 Å². The van der Waals surface area contributed by atoms with E-state index in [1.807, 2.05) is 24.8 Å². The Balaban J connectivity index is 1.56. The predicted octanol–water partition coefficient (Wildman–Crippen LogP) is 3.50. The van der Waals surface area contributed by atoms with Gasteiger partial charge in [0.05, 0.1) is 29.0 Å². The fraction of sp³-hybridized carbons (Fsp3) is 0.700. The Morgan fingerprint density at radius 2 is 1.92 bits per heavy atom. The largest absolute Gasteiger partial charge is 0.373 e. The smallest absolute Gasteiger partial charge is 0.239 e. The molecule has 1 aromatic heterocycles. The molecular formula is C20H28BrN3O2. The van der Waals surface area contributed by atoms with E-state index in [0.29, 0.717) is 0 Å². The molecular weight excluding hydrogens is 394 g/mol. The maximum atomic E-state index is 13.2. The molecule has 0 aromatic carbocycles. The number of ether oxygens (including phenoxy) is 1. The molecule has 2 fully saturated rings. The second kappa shape index (κ2) is 5.76. The number of rotatable bonds is 2. The van der Waals surface area contributed by atoms with Gasteiger partial charge in [-0.2, -0.15) is 0 Å². The number of carbonyl (C=O) groups is 1. The third kappa shape index (κ3) is 2.72. The molecule has 0 N–H and O–H groups in total. The quantitative estimate of drug-likeness (QED) is 0.732. The van der Waals surface area contributed by atoms with E-state index in [1.54, 1.807) is 6.20 Å². The molecule has 0 unspecified atom stereocenters. The van der Waals surface area contributed by atoms with Crippen molar-refractivity contribution in [1.82, 2.24) is 9.88 Å². The Morgan fingerprint density at radius 3 is 2.58 bits per heavy atom. The average Bonchev–Trinajstić information content (AvgIpc) is 2.70. The van der Waals surface area contributed by atoms with Gasteiger partial charge in [0.1, 0.15) is 0 Å². The maximum absolute atomic E-state index is 13.2. The van der Waals surface area contributed by atoms with E-state index in [4.69, 9.17) is 4.74 Å². The van der Waals surface area contributed by atoms with Crippen LogP contribution >= 0.6 is 15.9 Å². The topological polar surface area (TPSA) is 45.7 Å². The van der Waals surface area contributed by atoms with Crippen LogP contribution < -0.4 is 4.90 Å². The molecule has 3 heterocycles. The Bertz CT molecular complexity index is 755. The van der Waals surface area contributed by atoms with E-state index in [1.165, 1.54) is 0 Å². The normalized spacial score (nSPS) is 33.1. The Kier molecular flexibility index (Phi) is 4.07. The predicted molar refractivity (Wildman–Crippen MR) is 105 cm³/mol. The maximum Gasteiger partial charge on any atom is 0.239 e. The van der Waals surface area contributed by atoms with Crippen LogP contribution in [-0.4, -0.2) is 52.7 Å². The van der Waals surface area contributed by atoms with Gasteiger partial charge in [-0.3, -0.25) is 14.7 Å². The minimum Gasteiger partial charge on any atom is -0.373 e. The summed E-state index contributed by atoms with van der Waals surface area (Å²) in [7, 11) is 0. The minimum atomic E-state index is -0.553. The molecule has 2 aliphatic heterocycles. The Hall–Kier alpha value is -0.980. The van der Waals surface area contributed by atoms with Crippen molar-refractivity contribution in [3.8, 4) is 0 Å². The van der Waals surface area contributed by atoms with Crippen LogP contribution in [0.1, 0.15) is 53.2 Å². The van der Waals surface area contributed by atoms with Gasteiger partial charge in [-0.15, -0.1) is 0 Å². The van der Waals surface area contributed by atoms with E-state index in [0.717, 1.165) is 48.4 Å². The molecule has 1 aliphatic carbocycles. The third-order valence-corrected chi connectivity index (χ3v) is 6.78. The van der Waals surface area contributed by atoms with Gasteiger partial charge >= 0.3 is 0 Å². The summed E-state index contributed by atoms with van der Waals surface area (Å²) in [5.41, 5.74) is 1.36. The summed E-state index contributed by atoms with van der Waals surface area (Å²) in [6.45, 7) is 13.3. The van der Waals surface area contributed by atoms with E-state index in [9.17, 15) is 4.79 Å². The summed E-state index contributed by atoms with van der Waals surface area (Å²) >= 11 is 3.51. The van der Waals surface area contributed by atoms with Crippen LogP contribution in [0, 0.1) is 0 Å². The second-order valence-electron chi connectivity index (χ2n) is 9.41. The van der Waals surface area contributed by atoms with Crippen LogP contribution in [0.25, 0.3) is 0 Å². The number of morpholine rings is 1. The lowest BCUT2D eigenvalue weighted by molar-refractivity contribution is -0.135. The Labute approximate surface area is 164 Å². The number of halogens is 1. The van der Waals surface area contributed by atoms with E-state index in [2.05, 4.69) is 46.6 Å². The highest BCUT2D eigenvalue weighted by Crippen LogP contribution is 2.49. The highest BCUT2D eigenvalue weighted by Gasteiger charge is 2.55. The van der Waals surface area contributed by atoms with Gasteiger partial charge in [0.25, 0.3) is 0 Å². The van der Waals surface area contributed by atoms with Crippen LogP contribution in [0.5, 0.6) is 0 Å². The van der Waals surface area contributed by atoms with Crippen LogP contribution in [-0.2, 0) is 14.9 Å². The molecule has 1 amide bonds. The van der Waals surface area contributed by atoms with Crippen LogP contribution in [0.2, 0.25) is 0 Å². The zero-order valence-electron chi connectivity index (χ0n) is 16.3. The number of carbonyl (C=O) groups excluding carboxylic acids is 1. The van der Waals surface area contributed by atoms with Crippen molar-refractivity contribution in [2.24, 2.45) is 0 Å². The number of hydrogen-bond donors (Lipinski definition) is 0. The van der Waals surface area contributed by atoms with Crippen molar-refractivity contribution < 1.29 is 9.53 Å². The fourth-order valence-electron chi connectivity index (χ4n) is 4.84. The summed E-state index contributed by atoms with van der Waals surface area (Å²) in [4.78, 5) is 22.3. The zero-order chi connectivity index (χ0) is 18.9. The van der Waals surface area contributed by atoms with Crippen molar-refractivity contribution in [3.63, 3.8) is 0 Å². The van der Waals surface area contributed by atoms with Gasteiger partial charge in [0.2, 0.25) is 5.91 Å². The first-order chi connectivity index (χ1) is 12.0. The lowest BCUT2D eigenvalue weighted by atomic mass is 9.71. The van der Waals surface area contributed by atoms with E-state index < -0.39 is 5.41 Å².